The zero-order chi connectivity index (χ0) is 22.5. The highest BCUT2D eigenvalue weighted by Gasteiger charge is 2.17. The number of aromatic nitrogens is 2. The molecule has 162 valence electrons. The number of halogens is 1. The summed E-state index contributed by atoms with van der Waals surface area (Å²) in [5.41, 5.74) is 3.99. The van der Waals surface area contributed by atoms with Crippen molar-refractivity contribution in [1.29, 1.82) is 0 Å². The second-order valence-electron chi connectivity index (χ2n) is 7.10. The number of aliphatic hydroxyl groups is 1. The number of hydrogen-bond donors (Lipinski definition) is 3. The molecule has 0 amide bonds. The summed E-state index contributed by atoms with van der Waals surface area (Å²) in [5, 5.41) is 29.8. The van der Waals surface area contributed by atoms with Crippen LogP contribution in [0.25, 0.3) is 34.0 Å². The van der Waals surface area contributed by atoms with E-state index in [0.717, 1.165) is 16.7 Å². The lowest BCUT2D eigenvalue weighted by Crippen LogP contribution is -2.39. The molecule has 8 heteroatoms. The topological polar surface area (TPSA) is 108 Å². The molecule has 0 spiro atoms. The number of carboxylic acids is 1. The van der Waals surface area contributed by atoms with Crippen LogP contribution in [0.3, 0.4) is 0 Å². The molecule has 7 nitrogen and oxygen atoms in total. The van der Waals surface area contributed by atoms with Crippen LogP contribution in [-0.2, 0) is 11.3 Å². The Balaban J connectivity index is 1.58. The molecule has 1 unspecified atom stereocenters. The van der Waals surface area contributed by atoms with Gasteiger partial charge in [-0.2, -0.15) is 0 Å². The maximum absolute atomic E-state index is 11.1. The molecule has 0 saturated heterocycles. The van der Waals surface area contributed by atoms with E-state index < -0.39 is 18.6 Å². The summed E-state index contributed by atoms with van der Waals surface area (Å²) in [6.07, 6.45) is 0. The van der Waals surface area contributed by atoms with Gasteiger partial charge in [0.2, 0.25) is 11.8 Å². The Hall–Kier alpha value is -3.52. The molecule has 0 fully saturated rings. The molecule has 1 aromatic heterocycles. The Kier molecular flexibility index (Phi) is 6.61. The number of carboxylic acid groups (broad SMARTS) is 1. The molecule has 4 aromatic rings. The summed E-state index contributed by atoms with van der Waals surface area (Å²) < 4.78 is 5.91. The van der Waals surface area contributed by atoms with Gasteiger partial charge in [-0.25, -0.2) is 0 Å². The van der Waals surface area contributed by atoms with Crippen LogP contribution < -0.4 is 5.32 Å². The van der Waals surface area contributed by atoms with E-state index in [4.69, 9.17) is 26.2 Å². The van der Waals surface area contributed by atoms with E-state index in [1.165, 1.54) is 0 Å². The molecule has 3 aromatic carbocycles. The number of rotatable bonds is 8. The summed E-state index contributed by atoms with van der Waals surface area (Å²) in [7, 11) is 0. The van der Waals surface area contributed by atoms with Crippen molar-refractivity contribution in [2.45, 2.75) is 12.6 Å². The highest BCUT2D eigenvalue weighted by atomic mass is 35.5. The summed E-state index contributed by atoms with van der Waals surface area (Å²) >= 11 is 6.66. The second kappa shape index (κ2) is 9.74. The van der Waals surface area contributed by atoms with Crippen LogP contribution in [0.5, 0.6) is 0 Å². The monoisotopic (exact) mass is 449 g/mol. The summed E-state index contributed by atoms with van der Waals surface area (Å²) in [6, 6.07) is 21.7. The van der Waals surface area contributed by atoms with Gasteiger partial charge in [-0.3, -0.25) is 10.1 Å². The Morgan fingerprint density at radius 1 is 0.938 bits per heavy atom. The van der Waals surface area contributed by atoms with Crippen LogP contribution in [0.15, 0.2) is 77.2 Å². The van der Waals surface area contributed by atoms with Crippen LogP contribution in [0, 0.1) is 0 Å². The van der Waals surface area contributed by atoms with Gasteiger partial charge in [0, 0.05) is 17.7 Å². The lowest BCUT2D eigenvalue weighted by molar-refractivity contribution is -0.140. The van der Waals surface area contributed by atoms with E-state index in [1.807, 2.05) is 72.8 Å². The summed E-state index contributed by atoms with van der Waals surface area (Å²) in [4.78, 5) is 11.1. The van der Waals surface area contributed by atoms with Gasteiger partial charge in [-0.15, -0.1) is 10.2 Å². The van der Waals surface area contributed by atoms with E-state index in [-0.39, 0.29) is 6.54 Å². The smallest absolute Gasteiger partial charge is 0.323 e. The number of aliphatic hydroxyl groups excluding tert-OH is 1. The van der Waals surface area contributed by atoms with Crippen molar-refractivity contribution in [2.24, 2.45) is 0 Å². The first-order valence-corrected chi connectivity index (χ1v) is 10.3. The average Bonchev–Trinajstić information content (AvgIpc) is 3.30. The quantitative estimate of drug-likeness (QED) is 0.368. The zero-order valence-electron chi connectivity index (χ0n) is 16.9. The third-order valence-electron chi connectivity index (χ3n) is 4.95. The van der Waals surface area contributed by atoms with Gasteiger partial charge < -0.3 is 14.6 Å². The van der Waals surface area contributed by atoms with E-state index in [9.17, 15) is 4.79 Å². The van der Waals surface area contributed by atoms with Gasteiger partial charge in [0.25, 0.3) is 0 Å². The van der Waals surface area contributed by atoms with Crippen LogP contribution in [0.4, 0.5) is 0 Å². The molecule has 32 heavy (non-hydrogen) atoms. The fourth-order valence-corrected chi connectivity index (χ4v) is 3.59. The minimum absolute atomic E-state index is 0.261. The number of benzene rings is 3. The van der Waals surface area contributed by atoms with E-state index >= 15 is 0 Å². The normalized spacial score (nSPS) is 11.9. The van der Waals surface area contributed by atoms with Gasteiger partial charge in [-0.05, 0) is 29.3 Å². The van der Waals surface area contributed by atoms with E-state index in [1.54, 1.807) is 0 Å². The fourth-order valence-electron chi connectivity index (χ4n) is 3.27. The minimum atomic E-state index is -1.11. The van der Waals surface area contributed by atoms with Crippen molar-refractivity contribution in [3.63, 3.8) is 0 Å². The van der Waals surface area contributed by atoms with Crippen molar-refractivity contribution in [2.75, 3.05) is 6.61 Å². The maximum Gasteiger partial charge on any atom is 0.323 e. The number of nitrogens with one attached hydrogen (secondary N) is 1. The standard InChI is InChI=1S/C24H20ClN3O4/c25-21-18(16-7-2-1-3-8-16)10-5-11-19(21)23-28-27-22(32-23)17-9-4-6-15(12-17)13-26-20(14-29)24(30)31/h1-12,20,26,29H,13-14H2,(H,30,31). The molecular formula is C24H20ClN3O4. The van der Waals surface area contributed by atoms with Gasteiger partial charge in [0.1, 0.15) is 6.04 Å². The predicted molar refractivity (Wildman–Crippen MR) is 121 cm³/mol. The van der Waals surface area contributed by atoms with E-state index in [0.29, 0.717) is 27.9 Å². The third kappa shape index (κ3) is 4.70. The van der Waals surface area contributed by atoms with Crippen LogP contribution in [0.1, 0.15) is 5.56 Å². The number of nitrogens with zero attached hydrogens (tertiary/aromatic N) is 2. The predicted octanol–water partition coefficient (Wildman–Crippen LogP) is 4.26. The maximum atomic E-state index is 11.1. The van der Waals surface area contributed by atoms with Crippen molar-refractivity contribution >= 4 is 17.6 Å². The van der Waals surface area contributed by atoms with Crippen molar-refractivity contribution < 1.29 is 19.4 Å². The second-order valence-corrected chi connectivity index (χ2v) is 7.48. The highest BCUT2D eigenvalue weighted by molar-refractivity contribution is 6.35. The molecule has 0 aliphatic carbocycles. The Morgan fingerprint density at radius 2 is 1.62 bits per heavy atom. The van der Waals surface area contributed by atoms with Gasteiger partial charge in [0.05, 0.1) is 17.2 Å². The molecule has 0 bridgehead atoms. The molecule has 1 atom stereocenters. The Morgan fingerprint density at radius 3 is 2.38 bits per heavy atom. The molecular weight excluding hydrogens is 430 g/mol. The molecule has 1 heterocycles. The molecule has 0 aliphatic heterocycles. The summed E-state index contributed by atoms with van der Waals surface area (Å²) in [5.74, 6) is -0.489. The number of carbonyl (C=O) groups is 1. The first-order chi connectivity index (χ1) is 15.6. The molecule has 0 radical (unpaired) electrons. The number of aliphatic carboxylic acids is 1. The molecule has 3 N–H and O–H groups in total. The van der Waals surface area contributed by atoms with Crippen molar-refractivity contribution in [1.82, 2.24) is 15.5 Å². The van der Waals surface area contributed by atoms with E-state index in [2.05, 4.69) is 15.5 Å². The first-order valence-electron chi connectivity index (χ1n) is 9.91. The van der Waals surface area contributed by atoms with Crippen LogP contribution in [0.2, 0.25) is 5.02 Å². The lowest BCUT2D eigenvalue weighted by Gasteiger charge is -2.11. The SMILES string of the molecule is O=C(O)C(CO)NCc1cccc(-c2nnc(-c3cccc(-c4ccccc4)c3Cl)o2)c1. The molecule has 4 rings (SSSR count). The minimum Gasteiger partial charge on any atom is -0.480 e. The molecule has 0 saturated carbocycles. The van der Waals surface area contributed by atoms with Crippen molar-refractivity contribution in [3.8, 4) is 34.0 Å². The largest absolute Gasteiger partial charge is 0.480 e. The third-order valence-corrected chi connectivity index (χ3v) is 5.35. The first kappa shape index (κ1) is 21.7. The average molecular weight is 450 g/mol. The Bertz CT molecular complexity index is 1230. The Labute approximate surface area is 189 Å². The molecule has 0 aliphatic rings. The van der Waals surface area contributed by atoms with Gasteiger partial charge in [0.15, 0.2) is 0 Å². The lowest BCUT2D eigenvalue weighted by atomic mass is 10.0. The van der Waals surface area contributed by atoms with Gasteiger partial charge in [-0.1, -0.05) is 66.2 Å². The zero-order valence-corrected chi connectivity index (χ0v) is 17.7. The fraction of sp³-hybridized carbons (Fsp3) is 0.125. The van der Waals surface area contributed by atoms with Crippen LogP contribution in [-0.4, -0.2) is 39.0 Å². The highest BCUT2D eigenvalue weighted by Crippen LogP contribution is 2.36. The summed E-state index contributed by atoms with van der Waals surface area (Å²) in [6.45, 7) is -0.234. The van der Waals surface area contributed by atoms with Gasteiger partial charge >= 0.3 is 5.97 Å². The van der Waals surface area contributed by atoms with Crippen LogP contribution >= 0.6 is 11.6 Å². The van der Waals surface area contributed by atoms with Crippen molar-refractivity contribution in [3.05, 3.63) is 83.4 Å². The number of hydrogen-bond acceptors (Lipinski definition) is 6.